The number of carbonyl (C=O) groups excluding carboxylic acids is 1. The molecule has 2 aromatic carbocycles. The number of para-hydroxylation sites is 2. The largest absolute Gasteiger partial charge is 0.496 e. The van der Waals surface area contributed by atoms with Crippen molar-refractivity contribution in [2.45, 2.75) is 6.92 Å². The third-order valence-corrected chi connectivity index (χ3v) is 4.03. The van der Waals surface area contributed by atoms with Gasteiger partial charge in [0.15, 0.2) is 11.5 Å². The number of rotatable bonds is 6. The van der Waals surface area contributed by atoms with Gasteiger partial charge in [-0.15, -0.1) is 0 Å². The molecule has 0 aliphatic rings. The SMILES string of the molecule is COc1ccccc1Oc1ccc(NC(=O)c2cccc(OC)c2C)cn1. The summed E-state index contributed by atoms with van der Waals surface area (Å²) in [6.07, 6.45) is 1.54. The third-order valence-electron chi connectivity index (χ3n) is 4.03. The van der Waals surface area contributed by atoms with Crippen LogP contribution in [0, 0.1) is 6.92 Å². The molecule has 6 nitrogen and oxygen atoms in total. The predicted molar refractivity (Wildman–Crippen MR) is 103 cm³/mol. The number of methoxy groups -OCH3 is 2. The van der Waals surface area contributed by atoms with E-state index in [0.717, 1.165) is 5.56 Å². The number of carbonyl (C=O) groups is 1. The molecule has 27 heavy (non-hydrogen) atoms. The van der Waals surface area contributed by atoms with Gasteiger partial charge in [-0.25, -0.2) is 4.98 Å². The monoisotopic (exact) mass is 364 g/mol. The summed E-state index contributed by atoms with van der Waals surface area (Å²) in [5, 5.41) is 2.83. The van der Waals surface area contributed by atoms with Gasteiger partial charge >= 0.3 is 0 Å². The smallest absolute Gasteiger partial charge is 0.256 e. The first-order valence-corrected chi connectivity index (χ1v) is 8.34. The number of aromatic nitrogens is 1. The van der Waals surface area contributed by atoms with E-state index >= 15 is 0 Å². The molecule has 1 N–H and O–H groups in total. The fraction of sp³-hybridized carbons (Fsp3) is 0.143. The minimum Gasteiger partial charge on any atom is -0.496 e. The Hall–Kier alpha value is -3.54. The van der Waals surface area contributed by atoms with Gasteiger partial charge in [-0.1, -0.05) is 18.2 Å². The molecule has 0 bridgehead atoms. The Morgan fingerprint density at radius 3 is 2.26 bits per heavy atom. The van der Waals surface area contributed by atoms with E-state index in [4.69, 9.17) is 14.2 Å². The van der Waals surface area contributed by atoms with E-state index in [1.807, 2.05) is 25.1 Å². The molecule has 6 heteroatoms. The molecule has 0 saturated heterocycles. The predicted octanol–water partition coefficient (Wildman–Crippen LogP) is 4.45. The molecule has 1 heterocycles. The van der Waals surface area contributed by atoms with Crippen molar-refractivity contribution in [3.8, 4) is 23.1 Å². The van der Waals surface area contributed by atoms with Crippen LogP contribution < -0.4 is 19.5 Å². The van der Waals surface area contributed by atoms with Crippen LogP contribution >= 0.6 is 0 Å². The minimum atomic E-state index is -0.230. The Kier molecular flexibility index (Phi) is 5.56. The van der Waals surface area contributed by atoms with E-state index < -0.39 is 0 Å². The van der Waals surface area contributed by atoms with Crippen LogP contribution in [0.25, 0.3) is 0 Å². The average molecular weight is 364 g/mol. The van der Waals surface area contributed by atoms with Crippen LogP contribution in [0.5, 0.6) is 23.1 Å². The highest BCUT2D eigenvalue weighted by molar-refractivity contribution is 6.05. The molecule has 0 saturated carbocycles. The number of benzene rings is 2. The second kappa shape index (κ2) is 8.23. The molecule has 0 atom stereocenters. The summed E-state index contributed by atoms with van der Waals surface area (Å²) in [7, 11) is 3.16. The highest BCUT2D eigenvalue weighted by Gasteiger charge is 2.13. The van der Waals surface area contributed by atoms with Gasteiger partial charge in [0.25, 0.3) is 5.91 Å². The molecule has 0 fully saturated rings. The van der Waals surface area contributed by atoms with Gasteiger partial charge in [-0.05, 0) is 37.3 Å². The van der Waals surface area contributed by atoms with E-state index in [1.54, 1.807) is 50.6 Å². The lowest BCUT2D eigenvalue weighted by atomic mass is 10.1. The van der Waals surface area contributed by atoms with Crippen molar-refractivity contribution >= 4 is 11.6 Å². The number of hydrogen-bond acceptors (Lipinski definition) is 5. The number of pyridine rings is 1. The van der Waals surface area contributed by atoms with Crippen molar-refractivity contribution in [2.24, 2.45) is 0 Å². The zero-order valence-corrected chi connectivity index (χ0v) is 15.4. The normalized spacial score (nSPS) is 10.2. The number of amides is 1. The number of hydrogen-bond donors (Lipinski definition) is 1. The van der Waals surface area contributed by atoms with Crippen molar-refractivity contribution in [1.82, 2.24) is 4.98 Å². The minimum absolute atomic E-state index is 0.230. The Labute approximate surface area is 157 Å². The zero-order chi connectivity index (χ0) is 19.2. The van der Waals surface area contributed by atoms with Crippen LogP contribution in [0.2, 0.25) is 0 Å². The zero-order valence-electron chi connectivity index (χ0n) is 15.4. The second-order valence-corrected chi connectivity index (χ2v) is 5.72. The lowest BCUT2D eigenvalue weighted by molar-refractivity contribution is 0.102. The fourth-order valence-corrected chi connectivity index (χ4v) is 2.61. The Bertz CT molecular complexity index is 939. The van der Waals surface area contributed by atoms with E-state index in [2.05, 4.69) is 10.3 Å². The third kappa shape index (κ3) is 4.17. The lowest BCUT2D eigenvalue weighted by Crippen LogP contribution is -2.13. The second-order valence-electron chi connectivity index (χ2n) is 5.72. The molecule has 0 unspecified atom stereocenters. The van der Waals surface area contributed by atoms with Crippen molar-refractivity contribution < 1.29 is 19.0 Å². The molecule has 0 radical (unpaired) electrons. The maximum absolute atomic E-state index is 12.5. The van der Waals surface area contributed by atoms with Gasteiger partial charge in [0.1, 0.15) is 5.75 Å². The highest BCUT2D eigenvalue weighted by atomic mass is 16.5. The van der Waals surface area contributed by atoms with Gasteiger partial charge < -0.3 is 19.5 Å². The number of nitrogens with one attached hydrogen (secondary N) is 1. The molecule has 3 rings (SSSR count). The van der Waals surface area contributed by atoms with Crippen molar-refractivity contribution in [1.29, 1.82) is 0 Å². The number of anilines is 1. The summed E-state index contributed by atoms with van der Waals surface area (Å²) < 4.78 is 16.2. The van der Waals surface area contributed by atoms with Crippen LogP contribution in [-0.2, 0) is 0 Å². The maximum Gasteiger partial charge on any atom is 0.256 e. The van der Waals surface area contributed by atoms with Crippen LogP contribution in [0.15, 0.2) is 60.8 Å². The van der Waals surface area contributed by atoms with E-state index in [1.165, 1.54) is 6.20 Å². The summed E-state index contributed by atoms with van der Waals surface area (Å²) in [5.74, 6) is 2.02. The van der Waals surface area contributed by atoms with Crippen molar-refractivity contribution in [2.75, 3.05) is 19.5 Å². The first-order valence-electron chi connectivity index (χ1n) is 8.34. The summed E-state index contributed by atoms with van der Waals surface area (Å²) in [5.41, 5.74) is 1.89. The van der Waals surface area contributed by atoms with Crippen LogP contribution in [0.3, 0.4) is 0 Å². The molecular formula is C21H20N2O4. The quantitative estimate of drug-likeness (QED) is 0.700. The van der Waals surface area contributed by atoms with Gasteiger partial charge in [-0.2, -0.15) is 0 Å². The topological polar surface area (TPSA) is 69.7 Å². The van der Waals surface area contributed by atoms with Gasteiger partial charge in [0.05, 0.1) is 26.1 Å². The summed E-state index contributed by atoms with van der Waals surface area (Å²) >= 11 is 0. The van der Waals surface area contributed by atoms with Crippen LogP contribution in [0.4, 0.5) is 5.69 Å². The Morgan fingerprint density at radius 2 is 1.59 bits per heavy atom. The van der Waals surface area contributed by atoms with E-state index in [0.29, 0.717) is 34.4 Å². The van der Waals surface area contributed by atoms with Crippen molar-refractivity contribution in [3.05, 3.63) is 71.9 Å². The molecule has 1 aromatic heterocycles. The molecule has 0 aliphatic carbocycles. The molecular weight excluding hydrogens is 344 g/mol. The molecule has 0 aliphatic heterocycles. The number of ether oxygens (including phenoxy) is 3. The first kappa shape index (κ1) is 18.3. The molecule has 0 spiro atoms. The molecule has 1 amide bonds. The Morgan fingerprint density at radius 1 is 0.889 bits per heavy atom. The lowest BCUT2D eigenvalue weighted by Gasteiger charge is -2.11. The fourth-order valence-electron chi connectivity index (χ4n) is 2.61. The highest BCUT2D eigenvalue weighted by Crippen LogP contribution is 2.30. The molecule has 138 valence electrons. The summed E-state index contributed by atoms with van der Waals surface area (Å²) in [6.45, 7) is 1.84. The molecule has 3 aromatic rings. The van der Waals surface area contributed by atoms with E-state index in [-0.39, 0.29) is 5.91 Å². The standard InChI is InChI=1S/C21H20N2O4/c1-14-16(7-6-10-17(14)25-2)21(24)23-15-11-12-20(22-13-15)27-19-9-5-4-8-18(19)26-3/h4-13H,1-3H3,(H,23,24). The summed E-state index contributed by atoms with van der Waals surface area (Å²) in [6, 6.07) is 16.1. The van der Waals surface area contributed by atoms with Gasteiger partial charge in [0.2, 0.25) is 5.88 Å². The van der Waals surface area contributed by atoms with Gasteiger partial charge in [-0.3, -0.25) is 4.79 Å². The number of nitrogens with zero attached hydrogens (tertiary/aromatic N) is 1. The van der Waals surface area contributed by atoms with E-state index in [9.17, 15) is 4.79 Å². The Balaban J connectivity index is 1.72. The maximum atomic E-state index is 12.5. The summed E-state index contributed by atoms with van der Waals surface area (Å²) in [4.78, 5) is 16.8. The van der Waals surface area contributed by atoms with Crippen LogP contribution in [-0.4, -0.2) is 25.1 Å². The first-order chi connectivity index (χ1) is 13.1. The van der Waals surface area contributed by atoms with Crippen molar-refractivity contribution in [3.63, 3.8) is 0 Å². The van der Waals surface area contributed by atoms with Gasteiger partial charge in [0, 0.05) is 17.2 Å². The van der Waals surface area contributed by atoms with Crippen LogP contribution in [0.1, 0.15) is 15.9 Å². The average Bonchev–Trinajstić information content (AvgIpc) is 2.70.